The van der Waals surface area contributed by atoms with E-state index in [9.17, 15) is 9.59 Å². The van der Waals surface area contributed by atoms with Gasteiger partial charge in [0.2, 0.25) is 17.8 Å². The summed E-state index contributed by atoms with van der Waals surface area (Å²) in [4.78, 5) is 27.8. The van der Waals surface area contributed by atoms with E-state index in [1.807, 2.05) is 13.8 Å². The molecule has 1 heterocycles. The van der Waals surface area contributed by atoms with E-state index in [1.54, 1.807) is 0 Å². The summed E-state index contributed by atoms with van der Waals surface area (Å²) >= 11 is 0. The second-order valence-electron chi connectivity index (χ2n) is 7.30. The molecular weight excluding hydrogens is 419 g/mol. The van der Waals surface area contributed by atoms with Gasteiger partial charge in [-0.05, 0) is 33.1 Å². The molecule has 0 atom stereocenters. The van der Waals surface area contributed by atoms with Gasteiger partial charge in [-0.25, -0.2) is 5.01 Å². The molecule has 29 heavy (non-hydrogen) atoms. The van der Waals surface area contributed by atoms with Crippen molar-refractivity contribution in [3.05, 3.63) is 0 Å². The summed E-state index contributed by atoms with van der Waals surface area (Å²) in [6.45, 7) is 0.464. The lowest BCUT2D eigenvalue weighted by molar-refractivity contribution is -0.158. The van der Waals surface area contributed by atoms with E-state index < -0.39 is 37.0 Å². The highest BCUT2D eigenvalue weighted by Gasteiger charge is 2.25. The number of hydrazine groups is 1. The Morgan fingerprint density at radius 1 is 1.21 bits per heavy atom. The van der Waals surface area contributed by atoms with Crippen LogP contribution in [0.1, 0.15) is 75.7 Å². The number of carbonyl (C=O) groups is 2. The summed E-state index contributed by atoms with van der Waals surface area (Å²) < 4.78 is 27.0. The van der Waals surface area contributed by atoms with Crippen molar-refractivity contribution in [1.82, 2.24) is 15.8 Å². The first-order chi connectivity index (χ1) is 13.9. The Morgan fingerprint density at radius 2 is 1.79 bits per heavy atom. The lowest BCUT2D eigenvalue weighted by Gasteiger charge is -2.29. The predicted octanol–water partition coefficient (Wildman–Crippen LogP) is 2.48. The second kappa shape index (κ2) is 15.1. The Morgan fingerprint density at radius 3 is 2.41 bits per heavy atom. The molecule has 0 saturated carbocycles. The Labute approximate surface area is 190 Å². The standard InChI is InChI=1S/C18H34N6O3.2ClH/c1-18(2)12-10-8-6-4-5-7-9-11-14(25)22-17(20)24(13-15(26)27-18)23-16(19)21-3;;/h4-13H2,1-3H3,(H3,19,21,23)(H2,20,22,25);2*1H/i3D3;;. The molecule has 5 N–H and O–H groups in total. The SMILES string of the molecule is Cl.Cl.[2H]C([2H])([2H])N=C(N)NN1CC(=O)OC(C)(C)CCCCCCCCCC(=O)NC1=N. The highest BCUT2D eigenvalue weighted by Crippen LogP contribution is 2.20. The molecule has 1 aliphatic heterocycles. The molecule has 1 rings (SSSR count). The molecule has 170 valence electrons. The van der Waals surface area contributed by atoms with Crippen molar-refractivity contribution in [2.75, 3.05) is 13.5 Å². The maximum Gasteiger partial charge on any atom is 0.328 e. The summed E-state index contributed by atoms with van der Waals surface area (Å²) in [6, 6.07) is 0. The van der Waals surface area contributed by atoms with Crippen LogP contribution in [-0.2, 0) is 14.3 Å². The van der Waals surface area contributed by atoms with Crippen LogP contribution in [0.5, 0.6) is 0 Å². The molecule has 1 aliphatic rings. The number of rotatable bonds is 1. The normalized spacial score (nSPS) is 22.3. The van der Waals surface area contributed by atoms with Crippen LogP contribution in [0, 0.1) is 5.41 Å². The van der Waals surface area contributed by atoms with Crippen molar-refractivity contribution in [3.8, 4) is 0 Å². The Hall–Kier alpha value is -1.74. The molecule has 0 radical (unpaired) electrons. The number of amides is 1. The number of hydrogen-bond donors (Lipinski definition) is 4. The van der Waals surface area contributed by atoms with E-state index in [-0.39, 0.29) is 37.1 Å². The highest BCUT2D eigenvalue weighted by atomic mass is 35.5. The number of guanidine groups is 2. The molecule has 0 spiro atoms. The van der Waals surface area contributed by atoms with Crippen LogP contribution in [0.4, 0.5) is 0 Å². The van der Waals surface area contributed by atoms with Gasteiger partial charge in [0.05, 0.1) is 0 Å². The van der Waals surface area contributed by atoms with Gasteiger partial charge in [0.15, 0.2) is 0 Å². The van der Waals surface area contributed by atoms with E-state index in [4.69, 9.17) is 20.0 Å². The van der Waals surface area contributed by atoms with E-state index >= 15 is 0 Å². The van der Waals surface area contributed by atoms with Crippen LogP contribution in [0.3, 0.4) is 0 Å². The van der Waals surface area contributed by atoms with Crippen molar-refractivity contribution in [1.29, 1.82) is 5.41 Å². The van der Waals surface area contributed by atoms with Gasteiger partial charge in [0, 0.05) is 17.5 Å². The first-order valence-corrected chi connectivity index (χ1v) is 9.38. The third-order valence-electron chi connectivity index (χ3n) is 4.26. The maximum absolute atomic E-state index is 12.4. The number of nitrogens with zero attached hydrogens (tertiary/aromatic N) is 2. The smallest absolute Gasteiger partial charge is 0.328 e. The lowest BCUT2D eigenvalue weighted by Crippen LogP contribution is -2.56. The third kappa shape index (κ3) is 13.2. The number of nitrogens with two attached hydrogens (primary N) is 1. The largest absolute Gasteiger partial charge is 0.458 e. The molecule has 0 unspecified atom stereocenters. The zero-order chi connectivity index (χ0) is 22.8. The molecule has 0 aromatic rings. The molecule has 1 fully saturated rings. The number of cyclic esters (lactones) is 1. The van der Waals surface area contributed by atoms with Crippen molar-refractivity contribution in [2.45, 2.75) is 77.2 Å². The predicted molar refractivity (Wildman–Crippen MR) is 119 cm³/mol. The number of nitrogens with one attached hydrogen (secondary N) is 3. The summed E-state index contributed by atoms with van der Waals surface area (Å²) in [5.74, 6) is -2.01. The quantitative estimate of drug-likeness (QED) is 0.271. The van der Waals surface area contributed by atoms with E-state index in [1.165, 1.54) is 0 Å². The number of carbonyl (C=O) groups excluding carboxylic acids is 2. The van der Waals surface area contributed by atoms with Gasteiger partial charge in [-0.1, -0.05) is 32.1 Å². The fourth-order valence-corrected chi connectivity index (χ4v) is 2.84. The van der Waals surface area contributed by atoms with E-state index in [0.717, 1.165) is 43.5 Å². The number of ether oxygens (including phenoxy) is 1. The van der Waals surface area contributed by atoms with Gasteiger partial charge < -0.3 is 10.5 Å². The molecular formula is C18H36Cl2N6O3. The molecule has 0 bridgehead atoms. The molecule has 0 aliphatic carbocycles. The number of aliphatic imine (C=N–C) groups is 1. The van der Waals surface area contributed by atoms with Crippen LogP contribution in [0.15, 0.2) is 4.99 Å². The number of halogens is 2. The van der Waals surface area contributed by atoms with Crippen molar-refractivity contribution in [2.24, 2.45) is 10.7 Å². The summed E-state index contributed by atoms with van der Waals surface area (Å²) in [7, 11) is 0. The molecule has 0 aromatic carbocycles. The lowest BCUT2D eigenvalue weighted by atomic mass is 9.99. The van der Waals surface area contributed by atoms with Gasteiger partial charge in [-0.3, -0.25) is 30.7 Å². The Kier molecular flexibility index (Phi) is 12.3. The zero-order valence-electron chi connectivity index (χ0n) is 20.1. The average molecular weight is 458 g/mol. The monoisotopic (exact) mass is 457 g/mol. The van der Waals surface area contributed by atoms with Crippen molar-refractivity contribution in [3.63, 3.8) is 0 Å². The third-order valence-corrected chi connectivity index (χ3v) is 4.26. The minimum Gasteiger partial charge on any atom is -0.458 e. The molecule has 9 nitrogen and oxygen atoms in total. The van der Waals surface area contributed by atoms with E-state index in [2.05, 4.69) is 15.7 Å². The van der Waals surface area contributed by atoms with Crippen molar-refractivity contribution < 1.29 is 18.4 Å². The van der Waals surface area contributed by atoms with Crippen LogP contribution in [-0.4, -0.2) is 47.9 Å². The Bertz CT molecular complexity index is 648. The topological polar surface area (TPSA) is 133 Å². The molecule has 0 aromatic heterocycles. The molecule has 1 amide bonds. The fourth-order valence-electron chi connectivity index (χ4n) is 2.84. The van der Waals surface area contributed by atoms with Gasteiger partial charge >= 0.3 is 5.97 Å². The van der Waals surface area contributed by atoms with E-state index in [0.29, 0.717) is 12.8 Å². The summed E-state index contributed by atoms with van der Waals surface area (Å²) in [5, 5.41) is 11.4. The minimum absolute atomic E-state index is 0. The van der Waals surface area contributed by atoms with Crippen LogP contribution >= 0.6 is 24.8 Å². The number of esters is 1. The Balaban J connectivity index is 0. The zero-order valence-corrected chi connectivity index (χ0v) is 18.7. The maximum atomic E-state index is 12.4. The van der Waals surface area contributed by atoms with Gasteiger partial charge in [0.25, 0.3) is 0 Å². The van der Waals surface area contributed by atoms with Crippen LogP contribution in [0.25, 0.3) is 0 Å². The van der Waals surface area contributed by atoms with Gasteiger partial charge in [-0.2, -0.15) is 0 Å². The summed E-state index contributed by atoms with van der Waals surface area (Å²) in [6.07, 6.45) is 7.77. The summed E-state index contributed by atoms with van der Waals surface area (Å²) in [5.41, 5.74) is 7.26. The van der Waals surface area contributed by atoms with Gasteiger partial charge in [-0.15, -0.1) is 24.8 Å². The van der Waals surface area contributed by atoms with Crippen LogP contribution < -0.4 is 16.5 Å². The molecule has 11 heteroatoms. The highest BCUT2D eigenvalue weighted by molar-refractivity contribution is 5.97. The van der Waals surface area contributed by atoms with Crippen molar-refractivity contribution >= 4 is 48.6 Å². The second-order valence-corrected chi connectivity index (χ2v) is 7.30. The molecule has 1 saturated heterocycles. The number of hydrogen-bond acceptors (Lipinski definition) is 5. The first kappa shape index (κ1) is 23.5. The first-order valence-electron chi connectivity index (χ1n) is 10.9. The average Bonchev–Trinajstić information content (AvgIpc) is 2.56. The minimum atomic E-state index is -2.69. The van der Waals surface area contributed by atoms with Gasteiger partial charge in [0.1, 0.15) is 12.1 Å². The fraction of sp³-hybridized carbons (Fsp3) is 0.778. The van der Waals surface area contributed by atoms with Crippen LogP contribution in [0.2, 0.25) is 0 Å².